The molecule has 0 fully saturated rings. The maximum absolute atomic E-state index is 2.46. The van der Waals surface area contributed by atoms with Crippen molar-refractivity contribution in [2.75, 3.05) is 7.05 Å². The molecule has 2 rings (SSSR count). The Balaban J connectivity index is 2.02. The van der Waals surface area contributed by atoms with Crippen LogP contribution in [0, 0.1) is 0 Å². The van der Waals surface area contributed by atoms with E-state index in [9.17, 15) is 0 Å². The molecule has 1 aromatic rings. The second-order valence-corrected chi connectivity index (χ2v) is 6.85. The quantitative estimate of drug-likeness (QED) is 0.658. The van der Waals surface area contributed by atoms with Crippen molar-refractivity contribution in [1.82, 2.24) is 4.90 Å². The van der Waals surface area contributed by atoms with E-state index in [1.807, 2.05) is 0 Å². The molecule has 1 heteroatoms. The molecule has 1 aliphatic heterocycles. The molecule has 1 heterocycles. The number of hydrogen-bond acceptors (Lipinski definition) is 1. The standard InChI is InChI=1S/C18H29N/c1-5-6-7-8-11-18(2,3)17-10-9-15-13-19(4)14-16(15)12-17/h9-10,12H,5-8,11,13-14H2,1-4H3. The summed E-state index contributed by atoms with van der Waals surface area (Å²) in [6.45, 7) is 9.32. The van der Waals surface area contributed by atoms with Crippen LogP contribution in [0.5, 0.6) is 0 Å². The van der Waals surface area contributed by atoms with E-state index in [0.717, 1.165) is 13.1 Å². The van der Waals surface area contributed by atoms with Crippen LogP contribution in [0.15, 0.2) is 18.2 Å². The Morgan fingerprint density at radius 2 is 1.79 bits per heavy atom. The van der Waals surface area contributed by atoms with Gasteiger partial charge in [-0.15, -0.1) is 0 Å². The van der Waals surface area contributed by atoms with E-state index in [-0.39, 0.29) is 0 Å². The van der Waals surface area contributed by atoms with Crippen LogP contribution in [0.2, 0.25) is 0 Å². The first-order valence-corrected chi connectivity index (χ1v) is 7.84. The highest BCUT2D eigenvalue weighted by Gasteiger charge is 2.23. The molecule has 0 aromatic heterocycles. The molecule has 0 spiro atoms. The smallest absolute Gasteiger partial charge is 0.0237 e. The number of rotatable bonds is 6. The van der Waals surface area contributed by atoms with E-state index >= 15 is 0 Å². The lowest BCUT2D eigenvalue weighted by Gasteiger charge is -2.26. The Hall–Kier alpha value is -0.820. The molecule has 0 N–H and O–H groups in total. The van der Waals surface area contributed by atoms with Gasteiger partial charge >= 0.3 is 0 Å². The van der Waals surface area contributed by atoms with Gasteiger partial charge in [0.2, 0.25) is 0 Å². The zero-order chi connectivity index (χ0) is 13.9. The molecular formula is C18H29N. The molecule has 0 saturated carbocycles. The zero-order valence-electron chi connectivity index (χ0n) is 13.1. The van der Waals surface area contributed by atoms with Gasteiger partial charge in [-0.3, -0.25) is 4.90 Å². The normalized spacial score (nSPS) is 15.8. The van der Waals surface area contributed by atoms with Crippen LogP contribution in [0.4, 0.5) is 0 Å². The fraction of sp³-hybridized carbons (Fsp3) is 0.667. The summed E-state index contributed by atoms with van der Waals surface area (Å²) in [7, 11) is 2.20. The van der Waals surface area contributed by atoms with Gasteiger partial charge in [0.1, 0.15) is 0 Å². The lowest BCUT2D eigenvalue weighted by Crippen LogP contribution is -2.17. The Bertz CT molecular complexity index is 420. The van der Waals surface area contributed by atoms with E-state index in [1.165, 1.54) is 43.2 Å². The average Bonchev–Trinajstić information content (AvgIpc) is 2.73. The number of hydrogen-bond donors (Lipinski definition) is 0. The Kier molecular flexibility index (Phi) is 4.67. The maximum Gasteiger partial charge on any atom is 0.0237 e. The van der Waals surface area contributed by atoms with E-state index < -0.39 is 0 Å². The second kappa shape index (κ2) is 6.09. The highest BCUT2D eigenvalue weighted by Crippen LogP contribution is 2.32. The van der Waals surface area contributed by atoms with Crippen molar-refractivity contribution in [3.63, 3.8) is 0 Å². The maximum atomic E-state index is 2.46. The van der Waals surface area contributed by atoms with Crippen LogP contribution < -0.4 is 0 Å². The van der Waals surface area contributed by atoms with Crippen molar-refractivity contribution < 1.29 is 0 Å². The monoisotopic (exact) mass is 259 g/mol. The minimum Gasteiger partial charge on any atom is -0.298 e. The SMILES string of the molecule is CCCCCCC(C)(C)c1ccc2c(c1)CN(C)C2. The molecule has 1 nitrogen and oxygen atoms in total. The van der Waals surface area contributed by atoms with Crippen LogP contribution in [0.25, 0.3) is 0 Å². The minimum absolute atomic E-state index is 0.323. The van der Waals surface area contributed by atoms with Gasteiger partial charge in [-0.25, -0.2) is 0 Å². The van der Waals surface area contributed by atoms with Crippen molar-refractivity contribution in [3.8, 4) is 0 Å². The first-order chi connectivity index (χ1) is 9.03. The molecule has 19 heavy (non-hydrogen) atoms. The van der Waals surface area contributed by atoms with Crippen LogP contribution in [0.3, 0.4) is 0 Å². The summed E-state index contributed by atoms with van der Waals surface area (Å²) in [6.07, 6.45) is 6.75. The molecule has 0 aliphatic carbocycles. The minimum atomic E-state index is 0.323. The van der Waals surface area contributed by atoms with Gasteiger partial charge in [-0.1, -0.05) is 64.7 Å². The third-order valence-electron chi connectivity index (χ3n) is 4.52. The summed E-state index contributed by atoms with van der Waals surface area (Å²) in [5.74, 6) is 0. The van der Waals surface area contributed by atoms with Crippen LogP contribution in [0.1, 0.15) is 69.6 Å². The number of nitrogens with zero attached hydrogens (tertiary/aromatic N) is 1. The lowest BCUT2D eigenvalue weighted by molar-refractivity contribution is 0.353. The Morgan fingerprint density at radius 3 is 2.53 bits per heavy atom. The Morgan fingerprint density at radius 1 is 1.05 bits per heavy atom. The fourth-order valence-electron chi connectivity index (χ4n) is 3.12. The lowest BCUT2D eigenvalue weighted by atomic mass is 9.79. The molecule has 0 unspecified atom stereocenters. The molecule has 1 aliphatic rings. The second-order valence-electron chi connectivity index (χ2n) is 6.85. The molecule has 1 aromatic carbocycles. The highest BCUT2D eigenvalue weighted by atomic mass is 15.1. The van der Waals surface area contributed by atoms with Crippen LogP contribution in [-0.4, -0.2) is 11.9 Å². The number of benzene rings is 1. The molecule has 106 valence electrons. The van der Waals surface area contributed by atoms with Gasteiger partial charge in [0.25, 0.3) is 0 Å². The molecule has 0 radical (unpaired) electrons. The van der Waals surface area contributed by atoms with Crippen molar-refractivity contribution in [3.05, 3.63) is 34.9 Å². The van der Waals surface area contributed by atoms with Gasteiger partial charge in [-0.05, 0) is 35.6 Å². The van der Waals surface area contributed by atoms with Gasteiger partial charge in [0.05, 0.1) is 0 Å². The Labute approximate surface area is 119 Å². The summed E-state index contributed by atoms with van der Waals surface area (Å²) < 4.78 is 0. The van der Waals surface area contributed by atoms with E-state index in [2.05, 4.69) is 50.9 Å². The van der Waals surface area contributed by atoms with E-state index in [4.69, 9.17) is 0 Å². The van der Waals surface area contributed by atoms with Gasteiger partial charge in [0.15, 0.2) is 0 Å². The largest absolute Gasteiger partial charge is 0.298 e. The first kappa shape index (κ1) is 14.6. The summed E-state index contributed by atoms with van der Waals surface area (Å²) in [5, 5.41) is 0. The van der Waals surface area contributed by atoms with Crippen molar-refractivity contribution >= 4 is 0 Å². The molecular weight excluding hydrogens is 230 g/mol. The summed E-state index contributed by atoms with van der Waals surface area (Å²) >= 11 is 0. The summed E-state index contributed by atoms with van der Waals surface area (Å²) in [4.78, 5) is 2.39. The molecule has 0 saturated heterocycles. The van der Waals surface area contributed by atoms with E-state index in [0.29, 0.717) is 5.41 Å². The number of fused-ring (bicyclic) bond motifs is 1. The van der Waals surface area contributed by atoms with Crippen LogP contribution in [-0.2, 0) is 18.5 Å². The highest BCUT2D eigenvalue weighted by molar-refractivity contribution is 5.37. The third kappa shape index (κ3) is 3.60. The van der Waals surface area contributed by atoms with Gasteiger partial charge < -0.3 is 0 Å². The third-order valence-corrected chi connectivity index (χ3v) is 4.52. The van der Waals surface area contributed by atoms with Crippen molar-refractivity contribution in [2.24, 2.45) is 0 Å². The zero-order valence-corrected chi connectivity index (χ0v) is 13.1. The average molecular weight is 259 g/mol. The van der Waals surface area contributed by atoms with Crippen molar-refractivity contribution in [1.29, 1.82) is 0 Å². The molecule has 0 bridgehead atoms. The van der Waals surface area contributed by atoms with Crippen LogP contribution >= 0.6 is 0 Å². The first-order valence-electron chi connectivity index (χ1n) is 7.84. The van der Waals surface area contributed by atoms with Gasteiger partial charge in [-0.2, -0.15) is 0 Å². The molecule has 0 atom stereocenters. The molecule has 0 amide bonds. The number of unbranched alkanes of at least 4 members (excludes halogenated alkanes) is 3. The predicted octanol–water partition coefficient (Wildman–Crippen LogP) is 4.88. The topological polar surface area (TPSA) is 3.24 Å². The van der Waals surface area contributed by atoms with E-state index in [1.54, 1.807) is 5.56 Å². The summed E-state index contributed by atoms with van der Waals surface area (Å²) in [5.41, 5.74) is 4.91. The summed E-state index contributed by atoms with van der Waals surface area (Å²) in [6, 6.07) is 7.17. The fourth-order valence-corrected chi connectivity index (χ4v) is 3.12. The van der Waals surface area contributed by atoms with Crippen molar-refractivity contribution in [2.45, 2.75) is 71.4 Å². The predicted molar refractivity (Wildman–Crippen MR) is 83.4 cm³/mol. The van der Waals surface area contributed by atoms with Gasteiger partial charge in [0, 0.05) is 13.1 Å².